The van der Waals surface area contributed by atoms with Gasteiger partial charge in [-0.25, -0.2) is 9.48 Å². The highest BCUT2D eigenvalue weighted by Crippen LogP contribution is 2.68. The van der Waals surface area contributed by atoms with Crippen LogP contribution in [0.5, 0.6) is 0 Å². The Morgan fingerprint density at radius 1 is 1.14 bits per heavy atom. The van der Waals surface area contributed by atoms with Gasteiger partial charge in [-0.3, -0.25) is 4.79 Å². The van der Waals surface area contributed by atoms with Gasteiger partial charge in [-0.2, -0.15) is 5.10 Å². The Morgan fingerprint density at radius 3 is 2.61 bits per heavy atom. The van der Waals surface area contributed by atoms with Crippen LogP contribution in [0, 0.1) is 34.5 Å². The van der Waals surface area contributed by atoms with Crippen molar-refractivity contribution in [3.8, 4) is 5.69 Å². The van der Waals surface area contributed by atoms with Crippen LogP contribution in [0.25, 0.3) is 11.8 Å². The number of carbonyl (C=O) groups is 2. The SMILES string of the molecule is CC(=O)[C@@]1(O)CC[C@H]2[C@@H]3C[C@H](C)C4=Cc5c(cnn5-c5cccc(C(=O)O)c5)C[C@]4(C)[C@H]3CC[C@@]21C. The summed E-state index contributed by atoms with van der Waals surface area (Å²) in [4.78, 5) is 24.1. The van der Waals surface area contributed by atoms with Crippen molar-refractivity contribution in [3.05, 3.63) is 52.9 Å². The Bertz CT molecular complexity index is 1310. The number of ketones is 1. The van der Waals surface area contributed by atoms with Crippen molar-refractivity contribution < 1.29 is 19.8 Å². The number of carboxylic acid groups (broad SMARTS) is 1. The molecule has 2 aromatic rings. The van der Waals surface area contributed by atoms with Crippen molar-refractivity contribution in [2.24, 2.45) is 34.5 Å². The number of carbonyl (C=O) groups excluding carboxylic acids is 1. The summed E-state index contributed by atoms with van der Waals surface area (Å²) in [5.74, 6) is 0.768. The second-order valence-electron chi connectivity index (χ2n) is 12.4. The molecule has 4 aliphatic rings. The summed E-state index contributed by atoms with van der Waals surface area (Å²) in [7, 11) is 0. The second-order valence-corrected chi connectivity index (χ2v) is 12.4. The van der Waals surface area contributed by atoms with Crippen molar-refractivity contribution >= 4 is 17.8 Å². The van der Waals surface area contributed by atoms with Crippen LogP contribution in [0.3, 0.4) is 0 Å². The fraction of sp³-hybridized carbons (Fsp3) is 0.567. The maximum absolute atomic E-state index is 12.6. The first-order chi connectivity index (χ1) is 17.0. The van der Waals surface area contributed by atoms with Gasteiger partial charge in [0, 0.05) is 5.41 Å². The van der Waals surface area contributed by atoms with Crippen molar-refractivity contribution in [2.45, 2.75) is 71.8 Å². The molecule has 0 unspecified atom stereocenters. The number of carboxylic acids is 1. The molecule has 4 aliphatic carbocycles. The van der Waals surface area contributed by atoms with Gasteiger partial charge >= 0.3 is 5.97 Å². The Kier molecular flexibility index (Phi) is 5.02. The average Bonchev–Trinajstić information content (AvgIpc) is 3.36. The van der Waals surface area contributed by atoms with Crippen molar-refractivity contribution in [3.63, 3.8) is 0 Å². The van der Waals surface area contributed by atoms with Crippen LogP contribution < -0.4 is 0 Å². The summed E-state index contributed by atoms with van der Waals surface area (Å²) in [5, 5.41) is 25.6. The first kappa shape index (κ1) is 23.7. The van der Waals surface area contributed by atoms with E-state index in [9.17, 15) is 19.8 Å². The Balaban J connectivity index is 1.38. The molecule has 0 saturated heterocycles. The minimum Gasteiger partial charge on any atom is -0.478 e. The topological polar surface area (TPSA) is 92.4 Å². The minimum atomic E-state index is -1.19. The molecule has 1 aromatic heterocycles. The summed E-state index contributed by atoms with van der Waals surface area (Å²) in [5.41, 5.74) is 3.25. The van der Waals surface area contributed by atoms with Gasteiger partial charge in [0.25, 0.3) is 0 Å². The van der Waals surface area contributed by atoms with Crippen molar-refractivity contribution in [2.75, 3.05) is 0 Å². The van der Waals surface area contributed by atoms with Gasteiger partial charge in [0.2, 0.25) is 0 Å². The van der Waals surface area contributed by atoms with Gasteiger partial charge in [0.1, 0.15) is 5.60 Å². The third kappa shape index (κ3) is 2.97. The fourth-order valence-corrected chi connectivity index (χ4v) is 9.06. The van der Waals surface area contributed by atoms with E-state index in [1.165, 1.54) is 11.1 Å². The highest BCUT2D eigenvalue weighted by molar-refractivity contribution is 5.88. The molecule has 6 heteroatoms. The third-order valence-corrected chi connectivity index (χ3v) is 10.9. The number of aromatic carboxylic acids is 1. The highest BCUT2D eigenvalue weighted by atomic mass is 16.4. The maximum Gasteiger partial charge on any atom is 0.335 e. The molecule has 0 amide bonds. The second kappa shape index (κ2) is 7.64. The molecule has 0 bridgehead atoms. The predicted octanol–water partition coefficient (Wildman–Crippen LogP) is 5.32. The van der Waals surface area contributed by atoms with E-state index in [1.807, 2.05) is 16.9 Å². The fourth-order valence-electron chi connectivity index (χ4n) is 9.06. The van der Waals surface area contributed by atoms with Crippen LogP contribution in [-0.4, -0.2) is 37.3 Å². The lowest BCUT2D eigenvalue weighted by molar-refractivity contribution is -0.160. The molecule has 1 heterocycles. The lowest BCUT2D eigenvalue weighted by Crippen LogP contribution is -2.58. The molecular weight excluding hydrogens is 452 g/mol. The lowest BCUT2D eigenvalue weighted by atomic mass is 9.44. The smallest absolute Gasteiger partial charge is 0.335 e. The molecule has 7 atom stereocenters. The molecule has 3 fully saturated rings. The third-order valence-electron chi connectivity index (χ3n) is 10.9. The standard InChI is InChI=1S/C30H36N2O4/c1-17-12-22-23(8-10-29(4)24(22)9-11-30(29,36)18(2)33)28(3)15-20-16-31-32(26(20)14-25(17)28)21-7-5-6-19(13-21)27(34)35/h5-7,13-14,16-17,22-24,36H,8-12,15H2,1-4H3,(H,34,35)/t17-,22+,23-,24-,28+,29-,30-/m0/s1. The summed E-state index contributed by atoms with van der Waals surface area (Å²) in [6.07, 6.45) is 9.71. The molecule has 0 spiro atoms. The lowest BCUT2D eigenvalue weighted by Gasteiger charge is -2.60. The Morgan fingerprint density at radius 2 is 1.89 bits per heavy atom. The van der Waals surface area contributed by atoms with Gasteiger partial charge in [0.05, 0.1) is 23.1 Å². The molecule has 0 radical (unpaired) electrons. The van der Waals surface area contributed by atoms with Gasteiger partial charge in [-0.1, -0.05) is 32.4 Å². The Hall–Kier alpha value is -2.73. The normalized spacial score (nSPS) is 38.9. The van der Waals surface area contributed by atoms with E-state index in [0.29, 0.717) is 30.1 Å². The number of fused-ring (bicyclic) bond motifs is 6. The molecule has 3 saturated carbocycles. The summed E-state index contributed by atoms with van der Waals surface area (Å²) < 4.78 is 1.88. The average molecular weight is 489 g/mol. The van der Waals surface area contributed by atoms with Gasteiger partial charge in [-0.05, 0) is 104 Å². The zero-order valence-electron chi connectivity index (χ0n) is 21.6. The number of allylic oxidation sites excluding steroid dienone is 1. The van der Waals surface area contributed by atoms with Crippen LogP contribution in [0.2, 0.25) is 0 Å². The monoisotopic (exact) mass is 488 g/mol. The van der Waals surface area contributed by atoms with E-state index in [-0.39, 0.29) is 22.2 Å². The van der Waals surface area contributed by atoms with Crippen molar-refractivity contribution in [1.82, 2.24) is 9.78 Å². The number of rotatable bonds is 3. The van der Waals surface area contributed by atoms with Gasteiger partial charge in [-0.15, -0.1) is 0 Å². The zero-order valence-corrected chi connectivity index (χ0v) is 21.6. The molecule has 2 N–H and O–H groups in total. The summed E-state index contributed by atoms with van der Waals surface area (Å²) >= 11 is 0. The quantitative estimate of drug-likeness (QED) is 0.610. The van der Waals surface area contributed by atoms with E-state index in [0.717, 1.165) is 43.5 Å². The van der Waals surface area contributed by atoms with E-state index in [4.69, 9.17) is 5.10 Å². The van der Waals surface area contributed by atoms with Crippen LogP contribution in [-0.2, 0) is 11.2 Å². The first-order valence-corrected chi connectivity index (χ1v) is 13.4. The molecule has 0 aliphatic heterocycles. The van der Waals surface area contributed by atoms with E-state index < -0.39 is 11.6 Å². The number of nitrogens with zero attached hydrogens (tertiary/aromatic N) is 2. The van der Waals surface area contributed by atoms with E-state index in [2.05, 4.69) is 26.8 Å². The number of benzene rings is 1. The first-order valence-electron chi connectivity index (χ1n) is 13.4. The van der Waals surface area contributed by atoms with Gasteiger partial charge in [0.15, 0.2) is 5.78 Å². The largest absolute Gasteiger partial charge is 0.478 e. The molecule has 1 aromatic carbocycles. The van der Waals surface area contributed by atoms with E-state index in [1.54, 1.807) is 25.1 Å². The highest BCUT2D eigenvalue weighted by Gasteiger charge is 2.66. The van der Waals surface area contributed by atoms with Crippen LogP contribution in [0.15, 0.2) is 36.0 Å². The predicted molar refractivity (Wildman–Crippen MR) is 137 cm³/mol. The van der Waals surface area contributed by atoms with Crippen LogP contribution in [0.1, 0.15) is 81.4 Å². The molecule has 6 nitrogen and oxygen atoms in total. The number of aromatic nitrogens is 2. The summed E-state index contributed by atoms with van der Waals surface area (Å²) in [6.45, 7) is 8.49. The van der Waals surface area contributed by atoms with Gasteiger partial charge < -0.3 is 10.2 Å². The number of hydrogen-bond donors (Lipinski definition) is 2. The number of hydrogen-bond acceptors (Lipinski definition) is 4. The zero-order chi connectivity index (χ0) is 25.6. The van der Waals surface area contributed by atoms with Crippen LogP contribution in [0.4, 0.5) is 0 Å². The van der Waals surface area contributed by atoms with E-state index >= 15 is 0 Å². The molecule has 6 rings (SSSR count). The van der Waals surface area contributed by atoms with Crippen molar-refractivity contribution in [1.29, 1.82) is 0 Å². The Labute approximate surface area is 212 Å². The number of aliphatic hydroxyl groups is 1. The minimum absolute atomic E-state index is 0.0182. The number of Topliss-reactive ketones (excluding diaryl/α,β-unsaturated/α-hetero) is 1. The molecule has 36 heavy (non-hydrogen) atoms. The summed E-state index contributed by atoms with van der Waals surface area (Å²) in [6, 6.07) is 6.96. The van der Waals surface area contributed by atoms with Crippen LogP contribution >= 0.6 is 0 Å². The molecular formula is C30H36N2O4. The maximum atomic E-state index is 12.6. The molecule has 190 valence electrons.